The van der Waals surface area contributed by atoms with Crippen LogP contribution in [0.5, 0.6) is 0 Å². The molecule has 1 fully saturated rings. The second-order valence-corrected chi connectivity index (χ2v) is 7.50. The Labute approximate surface area is 169 Å². The van der Waals surface area contributed by atoms with Crippen LogP contribution in [0.2, 0.25) is 5.02 Å². The number of halogens is 2. The molecule has 0 saturated heterocycles. The second kappa shape index (κ2) is 7.50. The van der Waals surface area contributed by atoms with Crippen molar-refractivity contribution in [3.8, 4) is 0 Å². The van der Waals surface area contributed by atoms with E-state index >= 15 is 0 Å². The Morgan fingerprint density at radius 1 is 1.15 bits per heavy atom. The second-order valence-electron chi connectivity index (χ2n) is 7.06. The van der Waals surface area contributed by atoms with Crippen LogP contribution in [0.25, 0.3) is 0 Å². The van der Waals surface area contributed by atoms with Crippen LogP contribution in [0.1, 0.15) is 30.4 Å². The zero-order chi connectivity index (χ0) is 18.3. The van der Waals surface area contributed by atoms with E-state index in [9.17, 15) is 9.59 Å². The van der Waals surface area contributed by atoms with Gasteiger partial charge in [0.05, 0.1) is 12.1 Å². The summed E-state index contributed by atoms with van der Waals surface area (Å²) in [6, 6.07) is 13.2. The zero-order valence-corrected chi connectivity index (χ0v) is 16.3. The van der Waals surface area contributed by atoms with Crippen molar-refractivity contribution in [1.29, 1.82) is 0 Å². The molecule has 2 aromatic carbocycles. The van der Waals surface area contributed by atoms with Gasteiger partial charge >= 0.3 is 0 Å². The van der Waals surface area contributed by atoms with Crippen LogP contribution in [0.4, 0.5) is 11.4 Å². The number of benzene rings is 2. The number of carbonyl (C=O) groups is 2. The first-order valence-corrected chi connectivity index (χ1v) is 9.10. The van der Waals surface area contributed by atoms with Gasteiger partial charge in [0.25, 0.3) is 0 Å². The van der Waals surface area contributed by atoms with E-state index in [1.807, 2.05) is 42.5 Å². The van der Waals surface area contributed by atoms with Crippen molar-refractivity contribution in [2.45, 2.75) is 37.8 Å². The summed E-state index contributed by atoms with van der Waals surface area (Å²) < 4.78 is 0. The first kappa shape index (κ1) is 19.7. The third-order valence-electron chi connectivity index (χ3n) is 5.03. The van der Waals surface area contributed by atoms with E-state index in [0.717, 1.165) is 35.3 Å². The highest BCUT2D eigenvalue weighted by Crippen LogP contribution is 2.35. The lowest BCUT2D eigenvalue weighted by molar-refractivity contribution is -0.119. The molecule has 3 N–H and O–H groups in total. The van der Waals surface area contributed by atoms with E-state index in [2.05, 4.69) is 5.32 Å². The zero-order valence-electron chi connectivity index (χ0n) is 14.7. The van der Waals surface area contributed by atoms with Crippen molar-refractivity contribution in [2.24, 2.45) is 5.73 Å². The normalized spacial score (nSPS) is 17.0. The Bertz CT molecular complexity index is 879. The highest BCUT2D eigenvalue weighted by Gasteiger charge is 2.46. The number of amides is 2. The van der Waals surface area contributed by atoms with Gasteiger partial charge in [0.2, 0.25) is 11.8 Å². The lowest BCUT2D eigenvalue weighted by Gasteiger charge is -2.30. The first-order valence-electron chi connectivity index (χ1n) is 8.73. The molecular weight excluding hydrogens is 385 g/mol. The van der Waals surface area contributed by atoms with Crippen molar-refractivity contribution in [1.82, 2.24) is 0 Å². The molecule has 0 aromatic heterocycles. The Morgan fingerprint density at radius 2 is 1.85 bits per heavy atom. The minimum absolute atomic E-state index is 0. The molecule has 1 aliphatic heterocycles. The third kappa shape index (κ3) is 4.10. The van der Waals surface area contributed by atoms with Crippen LogP contribution >= 0.6 is 24.0 Å². The van der Waals surface area contributed by atoms with Gasteiger partial charge in [0.1, 0.15) is 0 Å². The van der Waals surface area contributed by atoms with E-state index in [0.29, 0.717) is 24.4 Å². The molecule has 0 spiro atoms. The lowest BCUT2D eigenvalue weighted by atomic mass is 9.99. The number of anilines is 2. The number of carbonyl (C=O) groups excluding carboxylic acids is 2. The molecular formula is C20H21Cl2N3O2. The third-order valence-corrected chi connectivity index (χ3v) is 5.28. The van der Waals surface area contributed by atoms with Gasteiger partial charge in [-0.3, -0.25) is 9.59 Å². The Morgan fingerprint density at radius 3 is 2.52 bits per heavy atom. The number of fused-ring (bicyclic) bond motifs is 1. The molecule has 1 aliphatic carbocycles. The number of nitrogens with zero attached hydrogens (tertiary/aromatic N) is 1. The fraction of sp³-hybridized carbons (Fsp3) is 0.300. The predicted molar refractivity (Wildman–Crippen MR) is 109 cm³/mol. The SMILES string of the molecule is Cl.NC1(C(=O)Nc2ccc3c(c2)CCC(=O)N3Cc2ccc(Cl)cc2)CC1. The van der Waals surface area contributed by atoms with E-state index in [1.165, 1.54) is 0 Å². The minimum Gasteiger partial charge on any atom is -0.324 e. The van der Waals surface area contributed by atoms with Crippen molar-refractivity contribution >= 4 is 47.2 Å². The molecule has 2 aliphatic rings. The van der Waals surface area contributed by atoms with Gasteiger partial charge in [-0.25, -0.2) is 0 Å². The van der Waals surface area contributed by atoms with Crippen LogP contribution in [0, 0.1) is 0 Å². The first-order chi connectivity index (χ1) is 12.4. The molecule has 1 saturated carbocycles. The van der Waals surface area contributed by atoms with Gasteiger partial charge < -0.3 is 16.0 Å². The van der Waals surface area contributed by atoms with Crippen LogP contribution < -0.4 is 16.0 Å². The van der Waals surface area contributed by atoms with E-state index < -0.39 is 5.54 Å². The molecule has 27 heavy (non-hydrogen) atoms. The Balaban J connectivity index is 0.00000210. The largest absolute Gasteiger partial charge is 0.324 e. The summed E-state index contributed by atoms with van der Waals surface area (Å²) in [5.74, 6) is -0.0366. The quantitative estimate of drug-likeness (QED) is 0.814. The fourth-order valence-electron chi connectivity index (χ4n) is 3.20. The highest BCUT2D eigenvalue weighted by atomic mass is 35.5. The van der Waals surface area contributed by atoms with Gasteiger partial charge in [0, 0.05) is 22.8 Å². The average molecular weight is 406 g/mol. The summed E-state index contributed by atoms with van der Waals surface area (Å²) in [4.78, 5) is 26.4. The molecule has 142 valence electrons. The van der Waals surface area contributed by atoms with Crippen molar-refractivity contribution in [3.05, 3.63) is 58.6 Å². The molecule has 0 bridgehead atoms. The smallest absolute Gasteiger partial charge is 0.244 e. The van der Waals surface area contributed by atoms with Crippen LogP contribution in [0.15, 0.2) is 42.5 Å². The molecule has 1 heterocycles. The summed E-state index contributed by atoms with van der Waals surface area (Å²) >= 11 is 5.94. The molecule has 2 aromatic rings. The van der Waals surface area contributed by atoms with Crippen LogP contribution in [-0.2, 0) is 22.6 Å². The molecule has 4 rings (SSSR count). The van der Waals surface area contributed by atoms with E-state index in [4.69, 9.17) is 17.3 Å². The number of nitrogens with two attached hydrogens (primary N) is 1. The maximum atomic E-state index is 12.4. The average Bonchev–Trinajstić information content (AvgIpc) is 3.38. The van der Waals surface area contributed by atoms with Gasteiger partial charge in [-0.15, -0.1) is 12.4 Å². The topological polar surface area (TPSA) is 75.4 Å². The number of hydrogen-bond acceptors (Lipinski definition) is 3. The number of aryl methyl sites for hydroxylation is 1. The molecule has 2 amide bonds. The Kier molecular flexibility index (Phi) is 5.47. The van der Waals surface area contributed by atoms with E-state index in [1.54, 1.807) is 4.90 Å². The van der Waals surface area contributed by atoms with E-state index in [-0.39, 0.29) is 24.2 Å². The fourth-order valence-corrected chi connectivity index (χ4v) is 3.33. The standard InChI is InChI=1S/C20H20ClN3O2.ClH/c21-15-4-1-13(2-5-15)12-24-17-7-6-16(11-14(17)3-8-18(24)25)23-19(26)20(22)9-10-20;/h1-2,4-7,11H,3,8-10,12,22H2,(H,23,26);1H. The minimum atomic E-state index is -0.702. The van der Waals surface area contributed by atoms with Crippen molar-refractivity contribution in [2.75, 3.05) is 10.2 Å². The highest BCUT2D eigenvalue weighted by molar-refractivity contribution is 6.30. The molecule has 0 unspecified atom stereocenters. The lowest BCUT2D eigenvalue weighted by Crippen LogP contribution is -2.38. The van der Waals surface area contributed by atoms with Gasteiger partial charge in [-0.05, 0) is 60.7 Å². The predicted octanol–water partition coefficient (Wildman–Crippen LogP) is 3.67. The number of hydrogen-bond donors (Lipinski definition) is 2. The Hall–Kier alpha value is -2.08. The van der Waals surface area contributed by atoms with Gasteiger partial charge in [-0.1, -0.05) is 23.7 Å². The van der Waals surface area contributed by atoms with Gasteiger partial charge in [0.15, 0.2) is 0 Å². The van der Waals surface area contributed by atoms with Crippen molar-refractivity contribution in [3.63, 3.8) is 0 Å². The maximum Gasteiger partial charge on any atom is 0.244 e. The molecule has 5 nitrogen and oxygen atoms in total. The number of rotatable bonds is 4. The molecule has 0 radical (unpaired) electrons. The van der Waals surface area contributed by atoms with Crippen LogP contribution in [-0.4, -0.2) is 17.4 Å². The van der Waals surface area contributed by atoms with Crippen LogP contribution in [0.3, 0.4) is 0 Å². The van der Waals surface area contributed by atoms with Gasteiger partial charge in [-0.2, -0.15) is 0 Å². The number of nitrogens with one attached hydrogen (secondary N) is 1. The maximum absolute atomic E-state index is 12.4. The summed E-state index contributed by atoms with van der Waals surface area (Å²) in [7, 11) is 0. The summed E-state index contributed by atoms with van der Waals surface area (Å²) in [6.45, 7) is 0.501. The molecule has 7 heteroatoms. The monoisotopic (exact) mass is 405 g/mol. The summed E-state index contributed by atoms with van der Waals surface area (Å²) in [5.41, 5.74) is 8.93. The summed E-state index contributed by atoms with van der Waals surface area (Å²) in [6.07, 6.45) is 2.59. The molecule has 0 atom stereocenters. The van der Waals surface area contributed by atoms with Crippen molar-refractivity contribution < 1.29 is 9.59 Å². The summed E-state index contributed by atoms with van der Waals surface area (Å²) in [5, 5.41) is 3.57.